The van der Waals surface area contributed by atoms with Crippen LogP contribution in [0.25, 0.3) is 0 Å². The van der Waals surface area contributed by atoms with Crippen LogP contribution in [0.5, 0.6) is 5.75 Å². The number of amides is 2. The average Bonchev–Trinajstić information content (AvgIpc) is 2.91. The minimum atomic E-state index is -3.64. The topological polar surface area (TPSA) is 125 Å². The molecule has 1 aliphatic heterocycles. The molecule has 1 saturated heterocycles. The molecule has 0 bridgehead atoms. The van der Waals surface area contributed by atoms with Gasteiger partial charge in [-0.1, -0.05) is 23.7 Å². The first-order valence-corrected chi connectivity index (χ1v) is 13.8. The molecule has 2 aromatic carbocycles. The Kier molecular flexibility index (Phi) is 10.7. The summed E-state index contributed by atoms with van der Waals surface area (Å²) in [6, 6.07) is 12.0. The van der Waals surface area contributed by atoms with Crippen LogP contribution in [0.1, 0.15) is 18.9 Å². The summed E-state index contributed by atoms with van der Waals surface area (Å²) >= 11 is 5.96. The van der Waals surface area contributed by atoms with Crippen molar-refractivity contribution in [2.75, 3.05) is 46.1 Å². The van der Waals surface area contributed by atoms with Crippen molar-refractivity contribution in [1.82, 2.24) is 14.5 Å². The Morgan fingerprint density at radius 2 is 1.78 bits per heavy atom. The fraction of sp³-hybridized carbons (Fsp3) is 0.440. The first-order chi connectivity index (χ1) is 17.7. The second-order valence-electron chi connectivity index (χ2n) is 8.47. The van der Waals surface area contributed by atoms with E-state index in [-0.39, 0.29) is 30.6 Å². The van der Waals surface area contributed by atoms with E-state index in [9.17, 15) is 18.0 Å². The standard InChI is InChI=1S/C25H32ClN3O7S/c1-19(25(32)27-11-2-14-30)29(17-20-3-5-21(26)6-4-20)24(31)18-36-22-7-9-23(10-8-22)37(33,34)28-12-15-35-16-13-28/h3-10,19,30H,2,11-18H2,1H3,(H,27,32). The second kappa shape index (κ2) is 13.7. The summed E-state index contributed by atoms with van der Waals surface area (Å²) in [7, 11) is -3.64. The van der Waals surface area contributed by atoms with Crippen LogP contribution in [0, 0.1) is 0 Å². The SMILES string of the molecule is CC(C(=O)NCCCO)N(Cc1ccc(Cl)cc1)C(=O)COc1ccc(S(=O)(=O)N2CCOCC2)cc1. The zero-order chi connectivity index (χ0) is 26.8. The van der Waals surface area contributed by atoms with E-state index in [0.717, 1.165) is 5.56 Å². The molecule has 1 aliphatic rings. The summed E-state index contributed by atoms with van der Waals surface area (Å²) in [4.78, 5) is 27.3. The first-order valence-electron chi connectivity index (χ1n) is 12.0. The molecule has 0 saturated carbocycles. The summed E-state index contributed by atoms with van der Waals surface area (Å²) in [6.07, 6.45) is 0.407. The average molecular weight is 554 g/mol. The van der Waals surface area contributed by atoms with Crippen molar-refractivity contribution < 1.29 is 32.6 Å². The van der Waals surface area contributed by atoms with E-state index in [0.29, 0.717) is 50.0 Å². The maximum atomic E-state index is 13.1. The van der Waals surface area contributed by atoms with Gasteiger partial charge in [0, 0.05) is 37.8 Å². The lowest BCUT2D eigenvalue weighted by Crippen LogP contribution is -2.49. The number of aliphatic hydroxyl groups is 1. The molecule has 0 spiro atoms. The minimum absolute atomic E-state index is 0.0531. The Hall–Kier alpha value is -2.70. The van der Waals surface area contributed by atoms with Gasteiger partial charge in [-0.25, -0.2) is 8.42 Å². The number of hydrogen-bond acceptors (Lipinski definition) is 7. The van der Waals surface area contributed by atoms with E-state index in [2.05, 4.69) is 5.32 Å². The Labute approximate surface area is 222 Å². The van der Waals surface area contributed by atoms with Gasteiger partial charge in [0.1, 0.15) is 11.8 Å². The number of carbonyl (C=O) groups is 2. The molecule has 37 heavy (non-hydrogen) atoms. The number of rotatable bonds is 12. The van der Waals surface area contributed by atoms with Gasteiger partial charge in [0.05, 0.1) is 18.1 Å². The number of carbonyl (C=O) groups excluding carboxylic acids is 2. The monoisotopic (exact) mass is 553 g/mol. The normalized spacial score (nSPS) is 15.1. The molecule has 1 fully saturated rings. The summed E-state index contributed by atoms with van der Waals surface area (Å²) in [6.45, 7) is 2.96. The summed E-state index contributed by atoms with van der Waals surface area (Å²) in [5, 5.41) is 12.2. The van der Waals surface area contributed by atoms with Crippen molar-refractivity contribution in [2.24, 2.45) is 0 Å². The Balaban J connectivity index is 1.67. The van der Waals surface area contributed by atoms with E-state index < -0.39 is 22.0 Å². The predicted molar refractivity (Wildman–Crippen MR) is 138 cm³/mol. The van der Waals surface area contributed by atoms with Crippen LogP contribution in [0.4, 0.5) is 0 Å². The Morgan fingerprint density at radius 3 is 2.41 bits per heavy atom. The van der Waals surface area contributed by atoms with Gasteiger partial charge in [0.2, 0.25) is 15.9 Å². The van der Waals surface area contributed by atoms with Crippen LogP contribution in [0.3, 0.4) is 0 Å². The van der Waals surface area contributed by atoms with Crippen LogP contribution in [-0.2, 0) is 30.9 Å². The third-order valence-corrected chi connectivity index (χ3v) is 8.03. The fourth-order valence-electron chi connectivity index (χ4n) is 3.68. The van der Waals surface area contributed by atoms with Gasteiger partial charge in [-0.2, -0.15) is 4.31 Å². The van der Waals surface area contributed by atoms with Gasteiger partial charge in [-0.3, -0.25) is 9.59 Å². The highest BCUT2D eigenvalue weighted by Gasteiger charge is 2.28. The molecule has 0 radical (unpaired) electrons. The quantitative estimate of drug-likeness (QED) is 0.383. The second-order valence-corrected chi connectivity index (χ2v) is 10.8. The number of halogens is 1. The van der Waals surface area contributed by atoms with Crippen LogP contribution in [-0.4, -0.2) is 86.6 Å². The molecular formula is C25H32ClN3O7S. The summed E-state index contributed by atoms with van der Waals surface area (Å²) in [5.41, 5.74) is 0.783. The van der Waals surface area contributed by atoms with Crippen LogP contribution >= 0.6 is 11.6 Å². The van der Waals surface area contributed by atoms with Crippen molar-refractivity contribution in [3.63, 3.8) is 0 Å². The maximum Gasteiger partial charge on any atom is 0.261 e. The zero-order valence-electron chi connectivity index (χ0n) is 20.6. The molecule has 2 amide bonds. The molecule has 1 atom stereocenters. The zero-order valence-corrected chi connectivity index (χ0v) is 22.2. The number of aliphatic hydroxyl groups excluding tert-OH is 1. The molecule has 10 nitrogen and oxygen atoms in total. The molecule has 2 N–H and O–H groups in total. The van der Waals surface area contributed by atoms with E-state index >= 15 is 0 Å². The van der Waals surface area contributed by atoms with E-state index in [1.807, 2.05) is 0 Å². The van der Waals surface area contributed by atoms with Gasteiger partial charge in [0.25, 0.3) is 5.91 Å². The van der Waals surface area contributed by atoms with Crippen LogP contribution < -0.4 is 10.1 Å². The summed E-state index contributed by atoms with van der Waals surface area (Å²) in [5.74, 6) is -0.459. The van der Waals surface area contributed by atoms with E-state index in [4.69, 9.17) is 26.2 Å². The molecule has 12 heteroatoms. The first kappa shape index (κ1) is 28.9. The highest BCUT2D eigenvalue weighted by molar-refractivity contribution is 7.89. The Morgan fingerprint density at radius 1 is 1.14 bits per heavy atom. The van der Waals surface area contributed by atoms with Crippen molar-refractivity contribution in [1.29, 1.82) is 0 Å². The highest BCUT2D eigenvalue weighted by atomic mass is 35.5. The molecule has 0 aliphatic carbocycles. The van der Waals surface area contributed by atoms with Crippen LogP contribution in [0.2, 0.25) is 5.02 Å². The molecule has 2 aromatic rings. The number of nitrogens with one attached hydrogen (secondary N) is 1. The highest BCUT2D eigenvalue weighted by Crippen LogP contribution is 2.21. The van der Waals surface area contributed by atoms with Crippen molar-refractivity contribution in [3.05, 3.63) is 59.1 Å². The van der Waals surface area contributed by atoms with Gasteiger partial charge < -0.3 is 24.8 Å². The fourth-order valence-corrected chi connectivity index (χ4v) is 5.21. The molecule has 1 heterocycles. The van der Waals surface area contributed by atoms with Gasteiger partial charge in [0.15, 0.2) is 6.61 Å². The molecule has 202 valence electrons. The number of benzene rings is 2. The smallest absolute Gasteiger partial charge is 0.261 e. The third kappa shape index (κ3) is 8.14. The maximum absolute atomic E-state index is 13.1. The largest absolute Gasteiger partial charge is 0.484 e. The number of hydrogen-bond donors (Lipinski definition) is 2. The van der Waals surface area contributed by atoms with Crippen molar-refractivity contribution in [2.45, 2.75) is 30.8 Å². The van der Waals surface area contributed by atoms with E-state index in [1.165, 1.54) is 33.5 Å². The molecular weight excluding hydrogens is 522 g/mol. The lowest BCUT2D eigenvalue weighted by Gasteiger charge is -2.29. The van der Waals surface area contributed by atoms with Gasteiger partial charge in [-0.15, -0.1) is 0 Å². The summed E-state index contributed by atoms with van der Waals surface area (Å²) < 4.78 is 37.8. The minimum Gasteiger partial charge on any atom is -0.484 e. The number of nitrogens with zero attached hydrogens (tertiary/aromatic N) is 2. The number of ether oxygens (including phenoxy) is 2. The lowest BCUT2D eigenvalue weighted by molar-refractivity contribution is -0.142. The van der Waals surface area contributed by atoms with Crippen molar-refractivity contribution >= 4 is 33.4 Å². The van der Waals surface area contributed by atoms with Crippen molar-refractivity contribution in [3.8, 4) is 5.75 Å². The molecule has 0 aromatic heterocycles. The van der Waals surface area contributed by atoms with Crippen LogP contribution in [0.15, 0.2) is 53.4 Å². The van der Waals surface area contributed by atoms with Gasteiger partial charge in [-0.05, 0) is 55.3 Å². The predicted octanol–water partition coefficient (Wildman–Crippen LogP) is 1.66. The van der Waals surface area contributed by atoms with Gasteiger partial charge >= 0.3 is 0 Å². The molecule has 1 unspecified atom stereocenters. The Bertz CT molecular complexity index is 1140. The molecule has 3 rings (SSSR count). The number of sulfonamides is 1. The lowest BCUT2D eigenvalue weighted by atomic mass is 10.1. The third-order valence-electron chi connectivity index (χ3n) is 5.86. The van der Waals surface area contributed by atoms with E-state index in [1.54, 1.807) is 31.2 Å². The number of morpholine rings is 1.